The lowest BCUT2D eigenvalue weighted by atomic mass is 9.73. The van der Waals surface area contributed by atoms with Crippen LogP contribution in [0.3, 0.4) is 0 Å². The molecule has 39 heavy (non-hydrogen) atoms. The van der Waals surface area contributed by atoms with Crippen LogP contribution in [0.15, 0.2) is 97.1 Å². The number of nitrogens with zero attached hydrogens (tertiary/aromatic N) is 1. The maximum Gasteiger partial charge on any atom is 0.335 e. The molecule has 202 valence electrons. The van der Waals surface area contributed by atoms with E-state index in [1.807, 2.05) is 13.8 Å². The van der Waals surface area contributed by atoms with Gasteiger partial charge in [0.2, 0.25) is 0 Å². The van der Waals surface area contributed by atoms with Gasteiger partial charge < -0.3 is 13.9 Å². The second-order valence-corrected chi connectivity index (χ2v) is 12.1. The van der Waals surface area contributed by atoms with Crippen LogP contribution in [0.5, 0.6) is 0 Å². The Hall–Kier alpha value is -3.17. The fraction of sp³-hybridized carbons (Fsp3) is 0.294. The highest BCUT2D eigenvalue weighted by Crippen LogP contribution is 2.56. The Morgan fingerprint density at radius 3 is 1.67 bits per heavy atom. The Balaban J connectivity index is 1.61. The zero-order valence-corrected chi connectivity index (χ0v) is 24.3. The van der Waals surface area contributed by atoms with E-state index in [9.17, 15) is 4.57 Å². The highest BCUT2D eigenvalue weighted by atomic mass is 31.2. The normalized spacial score (nSPS) is 13.6. The summed E-state index contributed by atoms with van der Waals surface area (Å²) in [5.41, 5.74) is 9.47. The predicted octanol–water partition coefficient (Wildman–Crippen LogP) is 10.0. The molecule has 0 N–H and O–H groups in total. The summed E-state index contributed by atoms with van der Waals surface area (Å²) < 4.78 is 24.6. The molecular weight excluding hydrogens is 501 g/mol. The van der Waals surface area contributed by atoms with Crippen molar-refractivity contribution in [3.8, 4) is 11.1 Å². The fourth-order valence-corrected chi connectivity index (χ4v) is 7.81. The fourth-order valence-electron chi connectivity index (χ4n) is 6.13. The summed E-state index contributed by atoms with van der Waals surface area (Å²) in [6.45, 7) is 9.00. The SMILES string of the molecule is CCOP(=O)(Cc1ccc2c(c1)C(CC)(CC)c1cc(N(c3ccccc3)c3ccccc3)ccc1-2)OCC. The van der Waals surface area contributed by atoms with Crippen molar-refractivity contribution in [1.82, 2.24) is 0 Å². The molecule has 0 atom stereocenters. The Labute approximate surface area is 233 Å². The second kappa shape index (κ2) is 11.5. The van der Waals surface area contributed by atoms with Gasteiger partial charge in [-0.25, -0.2) is 0 Å². The molecule has 0 fully saturated rings. The molecule has 0 amide bonds. The summed E-state index contributed by atoms with van der Waals surface area (Å²) in [6.07, 6.45) is 2.23. The second-order valence-electron chi connectivity index (χ2n) is 10.0. The largest absolute Gasteiger partial charge is 0.335 e. The first-order valence-electron chi connectivity index (χ1n) is 14.0. The first-order chi connectivity index (χ1) is 19.0. The molecule has 5 heteroatoms. The number of rotatable bonds is 11. The number of para-hydroxylation sites is 2. The lowest BCUT2D eigenvalue weighted by molar-refractivity contribution is 0.219. The first kappa shape index (κ1) is 27.4. The summed E-state index contributed by atoms with van der Waals surface area (Å²) in [5, 5.41) is 0. The summed E-state index contributed by atoms with van der Waals surface area (Å²) in [4.78, 5) is 2.32. The average Bonchev–Trinajstić information content (AvgIpc) is 3.23. The molecular formula is C34H38NO3P. The Morgan fingerprint density at radius 2 is 1.15 bits per heavy atom. The molecule has 5 rings (SSSR count). The van der Waals surface area contributed by atoms with Gasteiger partial charge in [0.1, 0.15) is 0 Å². The molecule has 0 heterocycles. The van der Waals surface area contributed by atoms with Crippen LogP contribution in [0.1, 0.15) is 57.2 Å². The van der Waals surface area contributed by atoms with Gasteiger partial charge >= 0.3 is 7.60 Å². The first-order valence-corrected chi connectivity index (χ1v) is 15.8. The molecule has 4 nitrogen and oxygen atoms in total. The highest BCUT2D eigenvalue weighted by molar-refractivity contribution is 7.53. The smallest absolute Gasteiger partial charge is 0.310 e. The van der Waals surface area contributed by atoms with E-state index < -0.39 is 7.60 Å². The molecule has 4 aromatic rings. The minimum Gasteiger partial charge on any atom is -0.310 e. The molecule has 0 unspecified atom stereocenters. The monoisotopic (exact) mass is 539 g/mol. The van der Waals surface area contributed by atoms with E-state index in [-0.39, 0.29) is 11.6 Å². The average molecular weight is 540 g/mol. The van der Waals surface area contributed by atoms with Crippen molar-refractivity contribution in [3.05, 3.63) is 114 Å². The Morgan fingerprint density at radius 1 is 0.641 bits per heavy atom. The van der Waals surface area contributed by atoms with E-state index in [0.29, 0.717) is 13.2 Å². The van der Waals surface area contributed by atoms with Gasteiger partial charge in [-0.05, 0) is 90.9 Å². The molecule has 0 radical (unpaired) electrons. The highest BCUT2D eigenvalue weighted by Gasteiger charge is 2.41. The van der Waals surface area contributed by atoms with Crippen LogP contribution < -0.4 is 4.90 Å². The van der Waals surface area contributed by atoms with Crippen molar-refractivity contribution in [2.45, 2.75) is 52.1 Å². The zero-order chi connectivity index (χ0) is 27.5. The molecule has 0 saturated heterocycles. The maximum atomic E-state index is 13.3. The number of hydrogen-bond donors (Lipinski definition) is 0. The van der Waals surface area contributed by atoms with Gasteiger partial charge in [0.25, 0.3) is 0 Å². The number of anilines is 3. The van der Waals surface area contributed by atoms with Gasteiger partial charge in [-0.1, -0.05) is 74.5 Å². The van der Waals surface area contributed by atoms with Gasteiger partial charge in [-0.15, -0.1) is 0 Å². The Kier molecular flexibility index (Phi) is 8.09. The van der Waals surface area contributed by atoms with Gasteiger partial charge in [0.15, 0.2) is 0 Å². The third kappa shape index (κ3) is 5.10. The third-order valence-electron chi connectivity index (χ3n) is 7.93. The Bertz CT molecular complexity index is 1420. The van der Waals surface area contributed by atoms with E-state index in [2.05, 4.69) is 116 Å². The van der Waals surface area contributed by atoms with Crippen LogP contribution in [0, 0.1) is 0 Å². The number of fused-ring (bicyclic) bond motifs is 3. The quantitative estimate of drug-likeness (QED) is 0.178. The van der Waals surface area contributed by atoms with Gasteiger partial charge in [0, 0.05) is 22.5 Å². The topological polar surface area (TPSA) is 38.8 Å². The van der Waals surface area contributed by atoms with Crippen molar-refractivity contribution < 1.29 is 13.6 Å². The summed E-state index contributed by atoms with van der Waals surface area (Å²) in [5.74, 6) is 0. The lowest BCUT2D eigenvalue weighted by Crippen LogP contribution is -2.23. The summed E-state index contributed by atoms with van der Waals surface area (Å²) in [7, 11) is -3.19. The molecule has 0 bridgehead atoms. The summed E-state index contributed by atoms with van der Waals surface area (Å²) in [6, 6.07) is 34.5. The number of hydrogen-bond acceptors (Lipinski definition) is 4. The van der Waals surface area contributed by atoms with E-state index in [4.69, 9.17) is 9.05 Å². The molecule has 0 saturated carbocycles. The van der Waals surface area contributed by atoms with E-state index in [0.717, 1.165) is 35.5 Å². The minimum absolute atomic E-state index is 0.128. The van der Waals surface area contributed by atoms with Crippen molar-refractivity contribution in [1.29, 1.82) is 0 Å². The standard InChI is InChI=1S/C34H38NO3P/c1-5-34(6-2)32-23-26(25-39(36,37-7-3)38-8-4)19-21-30(32)31-22-20-29(24-33(31)34)35(27-15-11-9-12-16-27)28-17-13-10-14-18-28/h9-24H,5-8,25H2,1-4H3. The summed E-state index contributed by atoms with van der Waals surface area (Å²) >= 11 is 0. The molecule has 1 aliphatic rings. The zero-order valence-electron chi connectivity index (χ0n) is 23.4. The third-order valence-corrected chi connectivity index (χ3v) is 9.99. The van der Waals surface area contributed by atoms with Gasteiger partial charge in [0.05, 0.1) is 19.4 Å². The minimum atomic E-state index is -3.19. The van der Waals surface area contributed by atoms with Crippen molar-refractivity contribution >= 4 is 24.7 Å². The lowest BCUT2D eigenvalue weighted by Gasteiger charge is -2.32. The predicted molar refractivity (Wildman–Crippen MR) is 162 cm³/mol. The van der Waals surface area contributed by atoms with Crippen LogP contribution in [0.25, 0.3) is 11.1 Å². The van der Waals surface area contributed by atoms with Gasteiger partial charge in [-0.2, -0.15) is 0 Å². The van der Waals surface area contributed by atoms with Crippen molar-refractivity contribution in [2.75, 3.05) is 18.1 Å². The maximum absolute atomic E-state index is 13.3. The molecule has 0 aromatic heterocycles. The molecule has 0 spiro atoms. The molecule has 1 aliphatic carbocycles. The van der Waals surface area contributed by atoms with Crippen LogP contribution in [0.4, 0.5) is 17.1 Å². The van der Waals surface area contributed by atoms with E-state index in [1.54, 1.807) is 0 Å². The van der Waals surface area contributed by atoms with Crippen LogP contribution in [0.2, 0.25) is 0 Å². The number of benzene rings is 4. The van der Waals surface area contributed by atoms with Crippen LogP contribution in [-0.4, -0.2) is 13.2 Å². The van der Waals surface area contributed by atoms with Crippen LogP contribution >= 0.6 is 7.60 Å². The van der Waals surface area contributed by atoms with Crippen LogP contribution in [-0.2, 0) is 25.2 Å². The van der Waals surface area contributed by atoms with E-state index in [1.165, 1.54) is 22.3 Å². The van der Waals surface area contributed by atoms with Gasteiger partial charge in [-0.3, -0.25) is 4.57 Å². The molecule has 0 aliphatic heterocycles. The van der Waals surface area contributed by atoms with Crippen molar-refractivity contribution in [3.63, 3.8) is 0 Å². The van der Waals surface area contributed by atoms with Crippen molar-refractivity contribution in [2.24, 2.45) is 0 Å². The molecule has 4 aromatic carbocycles. The van der Waals surface area contributed by atoms with E-state index >= 15 is 0 Å².